The average Bonchev–Trinajstić information content (AvgIpc) is 3.47. The summed E-state index contributed by atoms with van der Waals surface area (Å²) < 4.78 is 47.2. The Labute approximate surface area is 218 Å². The Balaban J connectivity index is 1.54. The number of carbonyl (C=O) groups excluding carboxylic acids is 1. The number of amides is 1. The Morgan fingerprint density at radius 1 is 1.35 bits per heavy atom. The molecule has 2 aromatic rings. The normalized spacial score (nSPS) is 21.2. The van der Waals surface area contributed by atoms with E-state index in [-0.39, 0.29) is 11.4 Å². The maximum absolute atomic E-state index is 13.3. The largest absolute Gasteiger partial charge is 0.391 e. The molecule has 2 aliphatic rings. The van der Waals surface area contributed by atoms with Crippen LogP contribution >= 0.6 is 11.9 Å². The second-order valence-electron chi connectivity index (χ2n) is 10.1. The van der Waals surface area contributed by atoms with Crippen LogP contribution in [-0.2, 0) is 11.8 Å². The van der Waals surface area contributed by atoms with E-state index < -0.39 is 25.4 Å². The lowest BCUT2D eigenvalue weighted by Gasteiger charge is -2.34. The molecule has 0 aromatic carbocycles. The molecule has 0 aliphatic carbocycles. The summed E-state index contributed by atoms with van der Waals surface area (Å²) in [5.41, 5.74) is 4.01. The summed E-state index contributed by atoms with van der Waals surface area (Å²) in [4.78, 5) is 21.1. The van der Waals surface area contributed by atoms with Crippen LogP contribution in [0.15, 0.2) is 35.5 Å². The SMILES string of the molecule is Cc1nn(C)cc1SNC(=O)c1ccc(N2C=CC(OCCC(F)(F)F)N2)nc1N1CC(C)CC1(C)C. The Morgan fingerprint density at radius 3 is 2.73 bits per heavy atom. The van der Waals surface area contributed by atoms with Crippen molar-refractivity contribution in [2.45, 2.75) is 63.4 Å². The molecule has 1 fully saturated rings. The molecule has 0 radical (unpaired) electrons. The fourth-order valence-corrected chi connectivity index (χ4v) is 5.38. The first kappa shape index (κ1) is 27.3. The third kappa shape index (κ3) is 6.57. The highest BCUT2D eigenvalue weighted by Gasteiger charge is 2.39. The van der Waals surface area contributed by atoms with Crippen molar-refractivity contribution in [2.24, 2.45) is 13.0 Å². The lowest BCUT2D eigenvalue weighted by atomic mass is 9.97. The van der Waals surface area contributed by atoms with Crippen molar-refractivity contribution >= 4 is 29.5 Å². The van der Waals surface area contributed by atoms with Crippen molar-refractivity contribution < 1.29 is 22.7 Å². The third-order valence-electron chi connectivity index (χ3n) is 6.26. The number of aryl methyl sites for hydroxylation is 2. The van der Waals surface area contributed by atoms with Crippen LogP contribution in [0.3, 0.4) is 0 Å². The zero-order valence-electron chi connectivity index (χ0n) is 21.5. The number of ether oxygens (including phenoxy) is 1. The minimum Gasteiger partial charge on any atom is -0.358 e. The highest BCUT2D eigenvalue weighted by Crippen LogP contribution is 2.38. The average molecular weight is 540 g/mol. The number of nitrogens with zero attached hydrogens (tertiary/aromatic N) is 5. The molecule has 13 heteroatoms. The molecule has 0 spiro atoms. The molecule has 0 bridgehead atoms. The fourth-order valence-electron chi connectivity index (χ4n) is 4.67. The summed E-state index contributed by atoms with van der Waals surface area (Å²) in [5, 5.41) is 5.89. The smallest absolute Gasteiger partial charge is 0.358 e. The molecule has 0 saturated carbocycles. The predicted octanol–water partition coefficient (Wildman–Crippen LogP) is 4.32. The van der Waals surface area contributed by atoms with Gasteiger partial charge in [-0.3, -0.25) is 19.2 Å². The van der Waals surface area contributed by atoms with Crippen molar-refractivity contribution in [3.63, 3.8) is 0 Å². The first-order valence-corrected chi connectivity index (χ1v) is 12.8. The minimum absolute atomic E-state index is 0.218. The van der Waals surface area contributed by atoms with E-state index in [1.807, 2.05) is 20.2 Å². The third-order valence-corrected chi connectivity index (χ3v) is 7.17. The zero-order chi connectivity index (χ0) is 27.0. The summed E-state index contributed by atoms with van der Waals surface area (Å²) in [5.74, 6) is 1.18. The van der Waals surface area contributed by atoms with Crippen LogP contribution in [0.2, 0.25) is 0 Å². The maximum Gasteiger partial charge on any atom is 0.391 e. The van der Waals surface area contributed by atoms with E-state index >= 15 is 0 Å². The van der Waals surface area contributed by atoms with Crippen molar-refractivity contribution in [2.75, 3.05) is 23.1 Å². The first-order chi connectivity index (χ1) is 17.3. The molecule has 2 N–H and O–H groups in total. The number of hydrazine groups is 1. The summed E-state index contributed by atoms with van der Waals surface area (Å²) >= 11 is 1.20. The Bertz CT molecular complexity index is 1170. The molecule has 1 amide bonds. The lowest BCUT2D eigenvalue weighted by molar-refractivity contribution is -0.148. The van der Waals surface area contributed by atoms with Gasteiger partial charge in [0.2, 0.25) is 0 Å². The van der Waals surface area contributed by atoms with Gasteiger partial charge < -0.3 is 9.64 Å². The minimum atomic E-state index is -4.28. The van der Waals surface area contributed by atoms with Crippen molar-refractivity contribution in [3.8, 4) is 0 Å². The van der Waals surface area contributed by atoms with Crippen LogP contribution in [0.5, 0.6) is 0 Å². The molecule has 4 rings (SSSR count). The Kier molecular flexibility index (Phi) is 7.77. The van der Waals surface area contributed by atoms with Gasteiger partial charge in [-0.2, -0.15) is 23.7 Å². The van der Waals surface area contributed by atoms with E-state index in [1.165, 1.54) is 11.9 Å². The lowest BCUT2D eigenvalue weighted by Crippen LogP contribution is -2.41. The molecule has 37 heavy (non-hydrogen) atoms. The first-order valence-electron chi connectivity index (χ1n) is 12.0. The van der Waals surface area contributed by atoms with Crippen molar-refractivity contribution in [1.82, 2.24) is 24.9 Å². The molecule has 4 heterocycles. The highest BCUT2D eigenvalue weighted by molar-refractivity contribution is 7.98. The number of aromatic nitrogens is 3. The Hall–Kier alpha value is -2.77. The van der Waals surface area contributed by atoms with Crippen LogP contribution in [-0.4, -0.2) is 51.8 Å². The second kappa shape index (κ2) is 10.5. The standard InChI is InChI=1S/C24H32F3N7O2S/c1-15-12-23(3,4)33(13-15)21-17(22(35)31-37-18-14-32(5)29-16(18)2)6-7-19(28-21)34-10-8-20(30-34)36-11-9-24(25,26)27/h6-8,10,14-15,20,30H,9,11-13H2,1-5H3,(H,31,35). The van der Waals surface area contributed by atoms with Crippen molar-refractivity contribution in [3.05, 3.63) is 41.9 Å². The van der Waals surface area contributed by atoms with Gasteiger partial charge in [0.1, 0.15) is 17.9 Å². The molecule has 2 aromatic heterocycles. The van der Waals surface area contributed by atoms with Gasteiger partial charge in [-0.25, -0.2) is 4.98 Å². The van der Waals surface area contributed by atoms with E-state index in [9.17, 15) is 18.0 Å². The van der Waals surface area contributed by atoms with E-state index in [0.717, 1.165) is 23.6 Å². The van der Waals surface area contributed by atoms with Crippen LogP contribution in [0, 0.1) is 12.8 Å². The zero-order valence-corrected chi connectivity index (χ0v) is 22.3. The van der Waals surface area contributed by atoms with Crippen LogP contribution in [0.1, 0.15) is 49.7 Å². The summed E-state index contributed by atoms with van der Waals surface area (Å²) in [6, 6.07) is 3.41. The number of alkyl halides is 3. The van der Waals surface area contributed by atoms with Gasteiger partial charge in [-0.1, -0.05) is 6.92 Å². The molecular weight excluding hydrogens is 507 g/mol. The molecule has 2 atom stereocenters. The van der Waals surface area contributed by atoms with Gasteiger partial charge in [0.05, 0.1) is 29.2 Å². The number of pyridine rings is 1. The van der Waals surface area contributed by atoms with E-state index in [2.05, 4.69) is 40.9 Å². The molecule has 1 saturated heterocycles. The van der Waals surface area contributed by atoms with Crippen LogP contribution in [0.4, 0.5) is 24.8 Å². The topological polar surface area (TPSA) is 87.5 Å². The van der Waals surface area contributed by atoms with Crippen LogP contribution in [0.25, 0.3) is 0 Å². The summed E-state index contributed by atoms with van der Waals surface area (Å²) in [6.07, 6.45) is 0.0492. The van der Waals surface area contributed by atoms with E-state index in [1.54, 1.807) is 34.1 Å². The van der Waals surface area contributed by atoms with Gasteiger partial charge in [0.15, 0.2) is 0 Å². The molecule has 2 unspecified atom stereocenters. The summed E-state index contributed by atoms with van der Waals surface area (Å²) in [6.45, 7) is 8.58. The number of rotatable bonds is 8. The predicted molar refractivity (Wildman–Crippen MR) is 136 cm³/mol. The van der Waals surface area contributed by atoms with Crippen molar-refractivity contribution in [1.29, 1.82) is 0 Å². The van der Waals surface area contributed by atoms with E-state index in [4.69, 9.17) is 9.72 Å². The number of nitrogens with one attached hydrogen (secondary N) is 2. The number of carbonyl (C=O) groups is 1. The number of hydrogen-bond donors (Lipinski definition) is 2. The van der Waals surface area contributed by atoms with Gasteiger partial charge in [-0.05, 0) is 63.3 Å². The van der Waals surface area contributed by atoms with Gasteiger partial charge >= 0.3 is 6.18 Å². The quantitative estimate of drug-likeness (QED) is 0.480. The molecular formula is C24H32F3N7O2S. The Morgan fingerprint density at radius 2 is 2.11 bits per heavy atom. The maximum atomic E-state index is 13.3. The fraction of sp³-hybridized carbons (Fsp3) is 0.542. The van der Waals surface area contributed by atoms with Gasteiger partial charge in [0, 0.05) is 31.5 Å². The highest BCUT2D eigenvalue weighted by atomic mass is 32.2. The number of hydrogen-bond acceptors (Lipinski definition) is 8. The summed E-state index contributed by atoms with van der Waals surface area (Å²) in [7, 11) is 1.82. The van der Waals surface area contributed by atoms with Crippen LogP contribution < -0.4 is 20.1 Å². The van der Waals surface area contributed by atoms with Gasteiger partial charge in [0.25, 0.3) is 5.91 Å². The molecule has 9 nitrogen and oxygen atoms in total. The monoisotopic (exact) mass is 539 g/mol. The van der Waals surface area contributed by atoms with E-state index in [0.29, 0.717) is 23.1 Å². The number of halogens is 3. The second-order valence-corrected chi connectivity index (χ2v) is 10.9. The number of anilines is 2. The van der Waals surface area contributed by atoms with Gasteiger partial charge in [-0.15, -0.1) is 0 Å². The molecule has 2 aliphatic heterocycles. The molecule has 202 valence electrons.